The zero-order chi connectivity index (χ0) is 21.5. The Hall–Kier alpha value is -2.04. The average Bonchev–Trinajstić information content (AvgIpc) is 3.46. The highest BCUT2D eigenvalue weighted by Crippen LogP contribution is 2.58. The molecule has 1 N–H and O–H groups in total. The van der Waals surface area contributed by atoms with E-state index in [9.17, 15) is 9.59 Å². The van der Waals surface area contributed by atoms with Crippen LogP contribution in [0.1, 0.15) is 75.6 Å². The number of carbonyl (C=O) groups is 2. The molecule has 1 saturated heterocycles. The number of fused-ring (bicyclic) bond motifs is 5. The first kappa shape index (κ1) is 20.8. The van der Waals surface area contributed by atoms with Gasteiger partial charge in [-0.25, -0.2) is 0 Å². The maximum absolute atomic E-state index is 12.8. The summed E-state index contributed by atoms with van der Waals surface area (Å²) in [5, 5.41) is 3.32. The van der Waals surface area contributed by atoms with E-state index in [1.54, 1.807) is 12.1 Å². The Kier molecular flexibility index (Phi) is 5.70. The molecule has 1 aromatic carbocycles. The van der Waals surface area contributed by atoms with Gasteiger partial charge in [-0.1, -0.05) is 6.42 Å². The molecule has 31 heavy (non-hydrogen) atoms. The van der Waals surface area contributed by atoms with Gasteiger partial charge in [0.2, 0.25) is 0 Å². The Morgan fingerprint density at radius 3 is 2.35 bits per heavy atom. The summed E-state index contributed by atoms with van der Waals surface area (Å²) in [6, 6.07) is 8.13. The Balaban J connectivity index is 1.13. The number of likely N-dealkylation sites (tertiary alicyclic amines) is 1. The normalized spacial score (nSPS) is 36.3. The summed E-state index contributed by atoms with van der Waals surface area (Å²) >= 11 is 0. The highest BCUT2D eigenvalue weighted by Gasteiger charge is 2.54. The maximum atomic E-state index is 12.8. The monoisotopic (exact) mass is 424 g/mol. The average molecular weight is 425 g/mol. The first-order chi connectivity index (χ1) is 15.0. The maximum Gasteiger partial charge on any atom is 0.260 e. The van der Waals surface area contributed by atoms with Gasteiger partial charge in [-0.2, -0.15) is 0 Å². The number of nitrogens with one attached hydrogen (secondary N) is 1. The Labute approximate surface area is 185 Å². The number of piperidine rings is 1. The van der Waals surface area contributed by atoms with Crippen LogP contribution in [0.3, 0.4) is 0 Å². The third-order valence-electron chi connectivity index (χ3n) is 8.71. The smallest absolute Gasteiger partial charge is 0.260 e. The lowest BCUT2D eigenvalue weighted by Crippen LogP contribution is -2.49. The standard InChI is InChI=1S/C26H36N2O3/c1-16-5-3-6-17(2)28(16)25(29)15-31-20-11-9-18(10-12-20)26(30)27-24-14-19-13-23(24)22-8-4-7-21(19)22/h9-12,16-17,19,21-24H,3-8,13-15H2,1-2H3,(H,27,30)/t16-,17+,19-,21+,22+,23+,24-/m1/s1. The SMILES string of the molecule is C[C@@H]1CCC[C@H](C)N1C(=O)COc1ccc(C(=O)N[C@@H]2C[C@H]3C[C@H]2[C@H]2CCC[C@@H]32)cc1. The molecule has 0 unspecified atom stereocenters. The Bertz CT molecular complexity index is 812. The van der Waals surface area contributed by atoms with E-state index in [2.05, 4.69) is 19.2 Å². The van der Waals surface area contributed by atoms with E-state index in [4.69, 9.17) is 4.74 Å². The highest BCUT2D eigenvalue weighted by atomic mass is 16.5. The molecule has 4 fully saturated rings. The molecule has 2 amide bonds. The van der Waals surface area contributed by atoms with Crippen LogP contribution in [-0.2, 0) is 4.79 Å². The van der Waals surface area contributed by atoms with Crippen molar-refractivity contribution in [1.29, 1.82) is 0 Å². The van der Waals surface area contributed by atoms with Gasteiger partial charge in [-0.05, 0) is 107 Å². The number of ether oxygens (including phenoxy) is 1. The summed E-state index contributed by atoms with van der Waals surface area (Å²) in [6.45, 7) is 4.28. The van der Waals surface area contributed by atoms with Crippen molar-refractivity contribution in [1.82, 2.24) is 10.2 Å². The van der Waals surface area contributed by atoms with Gasteiger partial charge in [0.1, 0.15) is 5.75 Å². The molecule has 0 aromatic heterocycles. The number of hydrogen-bond acceptors (Lipinski definition) is 3. The number of amides is 2. The molecule has 2 bridgehead atoms. The summed E-state index contributed by atoms with van der Waals surface area (Å²) in [4.78, 5) is 27.4. The topological polar surface area (TPSA) is 58.6 Å². The first-order valence-electron chi connectivity index (χ1n) is 12.4. The quantitative estimate of drug-likeness (QED) is 0.762. The van der Waals surface area contributed by atoms with Crippen molar-refractivity contribution >= 4 is 11.8 Å². The molecule has 1 aliphatic heterocycles. The molecule has 3 aliphatic carbocycles. The van der Waals surface area contributed by atoms with E-state index < -0.39 is 0 Å². The minimum atomic E-state index is 0.0192. The van der Waals surface area contributed by atoms with Crippen molar-refractivity contribution in [3.8, 4) is 5.75 Å². The molecule has 1 aromatic rings. The fourth-order valence-electron chi connectivity index (χ4n) is 7.32. The van der Waals surface area contributed by atoms with Gasteiger partial charge in [-0.15, -0.1) is 0 Å². The molecule has 5 rings (SSSR count). The van der Waals surface area contributed by atoms with Crippen LogP contribution in [0.4, 0.5) is 0 Å². The van der Waals surface area contributed by atoms with Gasteiger partial charge >= 0.3 is 0 Å². The zero-order valence-corrected chi connectivity index (χ0v) is 18.9. The summed E-state index contributed by atoms with van der Waals surface area (Å²) in [6.07, 6.45) is 9.92. The molecule has 168 valence electrons. The van der Waals surface area contributed by atoms with Crippen molar-refractivity contribution in [3.63, 3.8) is 0 Å². The van der Waals surface area contributed by atoms with Crippen molar-refractivity contribution < 1.29 is 14.3 Å². The molecule has 1 heterocycles. The van der Waals surface area contributed by atoms with E-state index in [1.165, 1.54) is 32.1 Å². The molecule has 7 atom stereocenters. The predicted molar refractivity (Wildman–Crippen MR) is 120 cm³/mol. The van der Waals surface area contributed by atoms with E-state index in [1.807, 2.05) is 17.0 Å². The van der Waals surface area contributed by atoms with Gasteiger partial charge in [-0.3, -0.25) is 9.59 Å². The molecule has 3 saturated carbocycles. The molecular weight excluding hydrogens is 388 g/mol. The lowest BCUT2D eigenvalue weighted by atomic mass is 9.79. The van der Waals surface area contributed by atoms with E-state index >= 15 is 0 Å². The zero-order valence-electron chi connectivity index (χ0n) is 18.9. The van der Waals surface area contributed by atoms with Crippen molar-refractivity contribution in [2.45, 2.75) is 83.3 Å². The number of carbonyl (C=O) groups excluding carboxylic acids is 2. The third kappa shape index (κ3) is 3.96. The molecule has 0 radical (unpaired) electrons. The highest BCUT2D eigenvalue weighted by molar-refractivity contribution is 5.94. The summed E-state index contributed by atoms with van der Waals surface area (Å²) in [5.74, 6) is 4.01. The molecule has 0 spiro atoms. The lowest BCUT2D eigenvalue weighted by Gasteiger charge is -2.38. The molecular formula is C26H36N2O3. The van der Waals surface area contributed by atoms with E-state index in [0.29, 0.717) is 23.3 Å². The Morgan fingerprint density at radius 2 is 1.61 bits per heavy atom. The predicted octanol–water partition coefficient (Wildman–Crippen LogP) is 4.41. The van der Waals surface area contributed by atoms with Crippen LogP contribution >= 0.6 is 0 Å². The number of hydrogen-bond donors (Lipinski definition) is 1. The van der Waals surface area contributed by atoms with Gasteiger partial charge < -0.3 is 15.0 Å². The number of nitrogens with zero attached hydrogens (tertiary/aromatic N) is 1. The van der Waals surface area contributed by atoms with Crippen molar-refractivity contribution in [2.24, 2.45) is 23.7 Å². The fourth-order valence-corrected chi connectivity index (χ4v) is 7.32. The summed E-state index contributed by atoms with van der Waals surface area (Å²) < 4.78 is 5.75. The van der Waals surface area contributed by atoms with Gasteiger partial charge in [0.05, 0.1) is 0 Å². The van der Waals surface area contributed by atoms with Crippen molar-refractivity contribution in [2.75, 3.05) is 6.61 Å². The summed E-state index contributed by atoms with van der Waals surface area (Å²) in [7, 11) is 0. The fraction of sp³-hybridized carbons (Fsp3) is 0.692. The molecule has 5 nitrogen and oxygen atoms in total. The van der Waals surface area contributed by atoms with Crippen LogP contribution in [0.2, 0.25) is 0 Å². The van der Waals surface area contributed by atoms with Crippen LogP contribution in [0.5, 0.6) is 5.75 Å². The number of benzene rings is 1. The van der Waals surface area contributed by atoms with Gasteiger partial charge in [0.15, 0.2) is 6.61 Å². The lowest BCUT2D eigenvalue weighted by molar-refractivity contribution is -0.139. The minimum Gasteiger partial charge on any atom is -0.484 e. The molecule has 5 heteroatoms. The van der Waals surface area contributed by atoms with Crippen LogP contribution in [0, 0.1) is 23.7 Å². The second-order valence-corrected chi connectivity index (χ2v) is 10.5. The van der Waals surface area contributed by atoms with Gasteiger partial charge in [0.25, 0.3) is 11.8 Å². The number of rotatable bonds is 5. The molecule has 4 aliphatic rings. The minimum absolute atomic E-state index is 0.0192. The van der Waals surface area contributed by atoms with Crippen LogP contribution in [0.15, 0.2) is 24.3 Å². The third-order valence-corrected chi connectivity index (χ3v) is 8.71. The van der Waals surface area contributed by atoms with Crippen LogP contribution in [0.25, 0.3) is 0 Å². The van der Waals surface area contributed by atoms with E-state index in [-0.39, 0.29) is 30.5 Å². The first-order valence-corrected chi connectivity index (χ1v) is 12.4. The Morgan fingerprint density at radius 1 is 0.935 bits per heavy atom. The summed E-state index contributed by atoms with van der Waals surface area (Å²) in [5.41, 5.74) is 0.669. The second-order valence-electron chi connectivity index (χ2n) is 10.5. The van der Waals surface area contributed by atoms with Crippen LogP contribution < -0.4 is 10.1 Å². The van der Waals surface area contributed by atoms with Crippen LogP contribution in [-0.4, -0.2) is 41.4 Å². The van der Waals surface area contributed by atoms with Crippen molar-refractivity contribution in [3.05, 3.63) is 29.8 Å². The van der Waals surface area contributed by atoms with Gasteiger partial charge in [0, 0.05) is 23.7 Å². The van der Waals surface area contributed by atoms with E-state index in [0.717, 1.165) is 37.0 Å². The largest absolute Gasteiger partial charge is 0.484 e. The second kappa shape index (κ2) is 8.48.